The van der Waals surface area contributed by atoms with Gasteiger partial charge in [0.15, 0.2) is 11.5 Å². The molecule has 5 rings (SSSR count). The molecule has 1 saturated heterocycles. The molecule has 0 atom stereocenters. The molecule has 2 aromatic rings. The van der Waals surface area contributed by atoms with Gasteiger partial charge in [-0.2, -0.15) is 5.26 Å². The van der Waals surface area contributed by atoms with Crippen molar-refractivity contribution in [3.8, 4) is 11.8 Å². The van der Waals surface area contributed by atoms with E-state index < -0.39 is 0 Å². The van der Waals surface area contributed by atoms with Crippen LogP contribution in [0, 0.1) is 22.7 Å². The molecule has 2 heterocycles. The zero-order valence-electron chi connectivity index (χ0n) is 20.1. The van der Waals surface area contributed by atoms with Crippen molar-refractivity contribution in [2.45, 2.75) is 50.7 Å². The third kappa shape index (κ3) is 4.96. The van der Waals surface area contributed by atoms with Crippen LogP contribution < -0.4 is 15.0 Å². The van der Waals surface area contributed by atoms with E-state index in [2.05, 4.69) is 20.4 Å². The Morgan fingerprint density at radius 1 is 1.14 bits per heavy atom. The minimum atomic E-state index is -0.225. The Kier molecular flexibility index (Phi) is 6.71. The third-order valence-corrected chi connectivity index (χ3v) is 7.84. The van der Waals surface area contributed by atoms with Crippen LogP contribution in [0.1, 0.15) is 54.6 Å². The lowest BCUT2D eigenvalue weighted by atomic mass is 9.58. The number of carbonyl (C=O) groups excluding carboxylic acids is 2. The highest BCUT2D eigenvalue weighted by Crippen LogP contribution is 2.52. The first-order valence-electron chi connectivity index (χ1n) is 12.2. The number of carbonyl (C=O) groups is 2. The zero-order valence-corrected chi connectivity index (χ0v) is 20.8. The molecule has 1 aliphatic heterocycles. The number of methoxy groups -OCH3 is 1. The Labute approximate surface area is 214 Å². The molecule has 10 heteroatoms. The Morgan fingerprint density at radius 3 is 2.50 bits per heavy atom. The van der Waals surface area contributed by atoms with E-state index in [1.54, 1.807) is 24.3 Å². The van der Waals surface area contributed by atoms with Crippen LogP contribution in [0.2, 0.25) is 5.02 Å². The summed E-state index contributed by atoms with van der Waals surface area (Å²) in [6.45, 7) is 1.70. The molecular formula is C26H28ClN5O4. The Morgan fingerprint density at radius 2 is 1.89 bits per heavy atom. The van der Waals surface area contributed by atoms with Crippen molar-refractivity contribution in [3.63, 3.8) is 0 Å². The van der Waals surface area contributed by atoms with Gasteiger partial charge < -0.3 is 19.7 Å². The molecule has 1 spiro atoms. The second-order valence-corrected chi connectivity index (χ2v) is 10.5. The van der Waals surface area contributed by atoms with Crippen molar-refractivity contribution in [1.29, 1.82) is 5.26 Å². The van der Waals surface area contributed by atoms with Crippen LogP contribution in [0.3, 0.4) is 0 Å². The second-order valence-electron chi connectivity index (χ2n) is 10.1. The second kappa shape index (κ2) is 9.94. The lowest BCUT2D eigenvalue weighted by Gasteiger charge is -2.58. The van der Waals surface area contributed by atoms with E-state index in [-0.39, 0.29) is 35.4 Å². The van der Waals surface area contributed by atoms with E-state index in [1.807, 2.05) is 12.1 Å². The summed E-state index contributed by atoms with van der Waals surface area (Å²) in [5, 5.41) is 20.8. The monoisotopic (exact) mass is 509 g/mol. The Balaban J connectivity index is 1.06. The molecule has 1 amide bonds. The molecule has 0 radical (unpaired) electrons. The molecule has 3 aliphatic rings. The summed E-state index contributed by atoms with van der Waals surface area (Å²) < 4.78 is 10.8. The lowest BCUT2D eigenvalue weighted by Crippen LogP contribution is -2.63. The largest absolute Gasteiger partial charge is 0.490 e. The van der Waals surface area contributed by atoms with Gasteiger partial charge in [-0.3, -0.25) is 9.59 Å². The average molecular weight is 510 g/mol. The minimum Gasteiger partial charge on any atom is -0.490 e. The number of nitrogens with one attached hydrogen (secondary N) is 1. The molecular weight excluding hydrogens is 482 g/mol. The van der Waals surface area contributed by atoms with Crippen molar-refractivity contribution in [2.75, 3.05) is 25.1 Å². The van der Waals surface area contributed by atoms with Gasteiger partial charge in [0, 0.05) is 30.6 Å². The van der Waals surface area contributed by atoms with Crippen LogP contribution in [-0.4, -0.2) is 54.4 Å². The number of benzene rings is 1. The van der Waals surface area contributed by atoms with E-state index in [0.29, 0.717) is 22.0 Å². The first-order valence-corrected chi connectivity index (χ1v) is 12.6. The molecule has 36 heavy (non-hydrogen) atoms. The highest BCUT2D eigenvalue weighted by atomic mass is 35.5. The van der Waals surface area contributed by atoms with E-state index in [0.717, 1.165) is 57.4 Å². The molecule has 1 aromatic heterocycles. The fraction of sp³-hybridized carbons (Fsp3) is 0.500. The highest BCUT2D eigenvalue weighted by Gasteiger charge is 2.55. The van der Waals surface area contributed by atoms with Crippen molar-refractivity contribution >= 4 is 29.3 Å². The summed E-state index contributed by atoms with van der Waals surface area (Å²) in [6.07, 6.45) is 4.97. The number of amides is 1. The quantitative estimate of drug-likeness (QED) is 0.588. The molecule has 0 bridgehead atoms. The molecule has 1 aromatic carbocycles. The highest BCUT2D eigenvalue weighted by molar-refractivity contribution is 6.31. The number of hydrogen-bond donors (Lipinski definition) is 1. The fourth-order valence-corrected chi connectivity index (χ4v) is 5.77. The summed E-state index contributed by atoms with van der Waals surface area (Å²) in [7, 11) is 1.43. The minimum absolute atomic E-state index is 0.0189. The van der Waals surface area contributed by atoms with Gasteiger partial charge >= 0.3 is 5.97 Å². The zero-order chi connectivity index (χ0) is 25.3. The number of rotatable bonds is 6. The summed E-state index contributed by atoms with van der Waals surface area (Å²) in [5.74, 6) is 1.07. The van der Waals surface area contributed by atoms with Crippen LogP contribution in [0.5, 0.6) is 5.75 Å². The Hall–Kier alpha value is -3.38. The van der Waals surface area contributed by atoms with Crippen molar-refractivity contribution in [3.05, 3.63) is 46.6 Å². The number of ether oxygens (including phenoxy) is 2. The molecule has 1 N–H and O–H groups in total. The van der Waals surface area contributed by atoms with Gasteiger partial charge in [0.25, 0.3) is 5.91 Å². The van der Waals surface area contributed by atoms with Gasteiger partial charge in [-0.05, 0) is 62.8 Å². The van der Waals surface area contributed by atoms with Crippen LogP contribution in [-0.2, 0) is 9.53 Å². The SMILES string of the molecule is COC(=O)C1CC2(C1)CN(c1ccc(C(=O)NC3CCC(Oc4ccc(C#N)c(Cl)c4)CC3)nn1)C2. The van der Waals surface area contributed by atoms with Crippen LogP contribution in [0.15, 0.2) is 30.3 Å². The smallest absolute Gasteiger partial charge is 0.308 e. The molecule has 3 fully saturated rings. The lowest BCUT2D eigenvalue weighted by molar-refractivity contribution is -0.155. The third-order valence-electron chi connectivity index (χ3n) is 7.53. The summed E-state index contributed by atoms with van der Waals surface area (Å²) in [5.41, 5.74) is 0.910. The van der Waals surface area contributed by atoms with E-state index >= 15 is 0 Å². The number of nitriles is 1. The van der Waals surface area contributed by atoms with Crippen LogP contribution >= 0.6 is 11.6 Å². The van der Waals surface area contributed by atoms with Crippen molar-refractivity contribution in [1.82, 2.24) is 15.5 Å². The van der Waals surface area contributed by atoms with Gasteiger partial charge in [-0.25, -0.2) is 0 Å². The first-order chi connectivity index (χ1) is 17.4. The first kappa shape index (κ1) is 24.3. The standard InChI is InChI=1S/C26H28ClN5O4/c1-35-25(34)17-11-26(12-17)14-32(15-26)23-9-8-22(30-31-23)24(33)29-18-3-6-19(7-4-18)36-20-5-2-16(13-28)21(27)10-20/h2,5,8-10,17-19H,3-4,6-7,11-12,14-15H2,1H3,(H,29,33). The number of anilines is 1. The maximum Gasteiger partial charge on any atom is 0.308 e. The van der Waals surface area contributed by atoms with Gasteiger partial charge in [-0.15, -0.1) is 10.2 Å². The van der Waals surface area contributed by atoms with E-state index in [9.17, 15) is 9.59 Å². The van der Waals surface area contributed by atoms with Crippen molar-refractivity contribution in [2.24, 2.45) is 11.3 Å². The van der Waals surface area contributed by atoms with Crippen LogP contribution in [0.25, 0.3) is 0 Å². The molecule has 9 nitrogen and oxygen atoms in total. The number of esters is 1. The fourth-order valence-electron chi connectivity index (χ4n) is 5.55. The number of aromatic nitrogens is 2. The van der Waals surface area contributed by atoms with Gasteiger partial charge in [-0.1, -0.05) is 11.6 Å². The van der Waals surface area contributed by atoms with E-state index in [4.69, 9.17) is 26.3 Å². The molecule has 2 saturated carbocycles. The van der Waals surface area contributed by atoms with Gasteiger partial charge in [0.2, 0.25) is 0 Å². The predicted molar refractivity (Wildman–Crippen MR) is 132 cm³/mol. The van der Waals surface area contributed by atoms with Crippen molar-refractivity contribution < 1.29 is 19.1 Å². The molecule has 2 aliphatic carbocycles. The number of nitrogens with zero attached hydrogens (tertiary/aromatic N) is 4. The number of halogens is 1. The predicted octanol–water partition coefficient (Wildman–Crippen LogP) is 3.51. The maximum atomic E-state index is 12.7. The maximum absolute atomic E-state index is 12.7. The average Bonchev–Trinajstić information content (AvgIpc) is 2.84. The molecule has 188 valence electrons. The van der Waals surface area contributed by atoms with Gasteiger partial charge in [0.05, 0.1) is 29.7 Å². The van der Waals surface area contributed by atoms with E-state index in [1.165, 1.54) is 7.11 Å². The number of hydrogen-bond acceptors (Lipinski definition) is 8. The molecule has 0 unspecified atom stereocenters. The summed E-state index contributed by atoms with van der Waals surface area (Å²) in [6, 6.07) is 10.7. The van der Waals surface area contributed by atoms with Crippen LogP contribution in [0.4, 0.5) is 5.82 Å². The summed E-state index contributed by atoms with van der Waals surface area (Å²) >= 11 is 6.09. The van der Waals surface area contributed by atoms with Gasteiger partial charge in [0.1, 0.15) is 11.8 Å². The topological polar surface area (TPSA) is 117 Å². The Bertz CT molecular complexity index is 1180. The normalized spacial score (nSPS) is 22.6. The summed E-state index contributed by atoms with van der Waals surface area (Å²) in [4.78, 5) is 26.4.